The fourth-order valence-corrected chi connectivity index (χ4v) is 1.02. The Labute approximate surface area is 70.4 Å². The summed E-state index contributed by atoms with van der Waals surface area (Å²) < 4.78 is 10.3. The van der Waals surface area contributed by atoms with Crippen molar-refractivity contribution in [2.24, 2.45) is 5.73 Å². The average molecular weight is 175 g/mol. The van der Waals surface area contributed by atoms with Crippen molar-refractivity contribution in [1.29, 1.82) is 0 Å². The highest BCUT2D eigenvalue weighted by molar-refractivity contribution is 5.73. The van der Waals surface area contributed by atoms with Gasteiger partial charge in [0.2, 0.25) is 5.91 Å². The Hall–Kier alpha value is -0.650. The van der Waals surface area contributed by atoms with Gasteiger partial charge in [-0.15, -0.1) is 0 Å². The van der Waals surface area contributed by atoms with Crippen LogP contribution < -0.4 is 5.73 Å². The number of carbonyl (C=O) groups excluding carboxylic acids is 1. The molecular weight excluding hydrogens is 162 g/mol. The number of hydrogen-bond acceptors (Lipinski definition) is 4. The first-order valence-electron chi connectivity index (χ1n) is 3.88. The molecule has 1 rings (SSSR count). The van der Waals surface area contributed by atoms with E-state index in [0.29, 0.717) is 13.0 Å². The van der Waals surface area contributed by atoms with Gasteiger partial charge in [0.05, 0.1) is 13.2 Å². The van der Waals surface area contributed by atoms with E-state index in [9.17, 15) is 4.79 Å². The smallest absolute Gasteiger partial charge is 0.217 e. The van der Waals surface area contributed by atoms with Crippen LogP contribution in [-0.4, -0.2) is 36.6 Å². The van der Waals surface area contributed by atoms with E-state index in [2.05, 4.69) is 0 Å². The molecule has 0 aromatic rings. The summed E-state index contributed by atoms with van der Waals surface area (Å²) in [5.74, 6) is -0.366. The minimum absolute atomic E-state index is 0.0485. The second-order valence-electron chi connectivity index (χ2n) is 2.71. The summed E-state index contributed by atoms with van der Waals surface area (Å²) in [4.78, 5) is 10.4. The Morgan fingerprint density at radius 3 is 2.92 bits per heavy atom. The molecule has 3 N–H and O–H groups in total. The maximum atomic E-state index is 10.4. The number of primary amides is 1. The molecule has 70 valence electrons. The van der Waals surface area contributed by atoms with E-state index in [0.717, 1.165) is 0 Å². The first-order valence-corrected chi connectivity index (χ1v) is 3.88. The molecule has 0 aromatic carbocycles. The highest BCUT2D eigenvalue weighted by Gasteiger charge is 2.25. The molecule has 1 saturated heterocycles. The topological polar surface area (TPSA) is 81.8 Å². The third kappa shape index (κ3) is 2.77. The van der Waals surface area contributed by atoms with Gasteiger partial charge in [-0.25, -0.2) is 0 Å². The monoisotopic (exact) mass is 175 g/mol. The minimum atomic E-state index is -0.380. The summed E-state index contributed by atoms with van der Waals surface area (Å²) in [5, 5.41) is 8.66. The first kappa shape index (κ1) is 9.44. The normalized spacial score (nSPS) is 29.1. The molecule has 1 amide bonds. The largest absolute Gasteiger partial charge is 0.394 e. The number of carbonyl (C=O) groups is 1. The minimum Gasteiger partial charge on any atom is -0.394 e. The predicted octanol–water partition coefficient (Wildman–Crippen LogP) is -1.01. The Morgan fingerprint density at radius 2 is 2.42 bits per heavy atom. The van der Waals surface area contributed by atoms with Crippen molar-refractivity contribution in [3.05, 3.63) is 0 Å². The summed E-state index contributed by atoms with van der Waals surface area (Å²) in [7, 11) is 0. The van der Waals surface area contributed by atoms with Crippen molar-refractivity contribution in [3.63, 3.8) is 0 Å². The summed E-state index contributed by atoms with van der Waals surface area (Å²) in [5.41, 5.74) is 4.94. The zero-order valence-electron chi connectivity index (χ0n) is 6.73. The van der Waals surface area contributed by atoms with Gasteiger partial charge in [0.15, 0.2) is 6.29 Å². The summed E-state index contributed by atoms with van der Waals surface area (Å²) in [6.45, 7) is 0.340. The molecule has 0 aliphatic carbocycles. The lowest BCUT2D eigenvalue weighted by molar-refractivity contribution is -0.121. The molecule has 0 aromatic heterocycles. The Morgan fingerprint density at radius 1 is 1.67 bits per heavy atom. The highest BCUT2D eigenvalue weighted by atomic mass is 16.7. The number of ether oxygens (including phenoxy) is 2. The van der Waals surface area contributed by atoms with Crippen molar-refractivity contribution >= 4 is 5.91 Å². The van der Waals surface area contributed by atoms with Crippen LogP contribution >= 0.6 is 0 Å². The van der Waals surface area contributed by atoms with E-state index in [1.807, 2.05) is 0 Å². The van der Waals surface area contributed by atoms with Gasteiger partial charge in [-0.05, 0) is 0 Å². The Balaban J connectivity index is 2.15. The maximum absolute atomic E-state index is 10.4. The van der Waals surface area contributed by atoms with E-state index in [-0.39, 0.29) is 31.3 Å². The van der Waals surface area contributed by atoms with E-state index in [1.54, 1.807) is 0 Å². The van der Waals surface area contributed by atoms with Crippen LogP contribution in [0.3, 0.4) is 0 Å². The molecule has 0 saturated carbocycles. The Kier molecular flexibility index (Phi) is 3.46. The Bertz CT molecular complexity index is 161. The van der Waals surface area contributed by atoms with Crippen LogP contribution in [0.2, 0.25) is 0 Å². The molecule has 2 atom stereocenters. The van der Waals surface area contributed by atoms with Crippen molar-refractivity contribution in [2.45, 2.75) is 25.2 Å². The lowest BCUT2D eigenvalue weighted by Crippen LogP contribution is -2.18. The third-order valence-electron chi connectivity index (χ3n) is 1.64. The molecule has 5 nitrogen and oxygen atoms in total. The van der Waals surface area contributed by atoms with Crippen molar-refractivity contribution in [2.75, 3.05) is 13.2 Å². The number of hydrogen-bond donors (Lipinski definition) is 2. The van der Waals surface area contributed by atoms with Crippen molar-refractivity contribution in [1.82, 2.24) is 0 Å². The van der Waals surface area contributed by atoms with Gasteiger partial charge >= 0.3 is 0 Å². The SMILES string of the molecule is NC(=O)CCC1OCC(CO)O1. The first-order chi connectivity index (χ1) is 5.72. The van der Waals surface area contributed by atoms with Gasteiger partial charge in [-0.1, -0.05) is 0 Å². The average Bonchev–Trinajstić information content (AvgIpc) is 2.48. The number of rotatable bonds is 4. The zero-order valence-corrected chi connectivity index (χ0v) is 6.73. The van der Waals surface area contributed by atoms with Gasteiger partial charge in [-0.2, -0.15) is 0 Å². The third-order valence-corrected chi connectivity index (χ3v) is 1.64. The molecule has 0 radical (unpaired) electrons. The van der Waals surface area contributed by atoms with Gasteiger partial charge in [0, 0.05) is 12.8 Å². The molecule has 1 aliphatic heterocycles. The van der Waals surface area contributed by atoms with E-state index < -0.39 is 0 Å². The van der Waals surface area contributed by atoms with Crippen LogP contribution in [0.15, 0.2) is 0 Å². The number of amides is 1. The number of aliphatic hydroxyl groups excluding tert-OH is 1. The van der Waals surface area contributed by atoms with E-state index in [4.69, 9.17) is 20.3 Å². The predicted molar refractivity (Wildman–Crippen MR) is 40.1 cm³/mol. The van der Waals surface area contributed by atoms with Crippen LogP contribution in [0, 0.1) is 0 Å². The molecule has 0 bridgehead atoms. The zero-order chi connectivity index (χ0) is 8.97. The number of nitrogens with two attached hydrogens (primary N) is 1. The fraction of sp³-hybridized carbons (Fsp3) is 0.857. The fourth-order valence-electron chi connectivity index (χ4n) is 1.02. The quantitative estimate of drug-likeness (QED) is 0.573. The standard InChI is InChI=1S/C7H13NO4/c8-6(10)1-2-7-11-4-5(3-9)12-7/h5,7,9H,1-4H2,(H2,8,10). The second-order valence-corrected chi connectivity index (χ2v) is 2.71. The van der Waals surface area contributed by atoms with Crippen LogP contribution in [0.4, 0.5) is 0 Å². The van der Waals surface area contributed by atoms with Gasteiger partial charge in [-0.3, -0.25) is 4.79 Å². The molecule has 1 heterocycles. The van der Waals surface area contributed by atoms with Crippen molar-refractivity contribution < 1.29 is 19.4 Å². The van der Waals surface area contributed by atoms with E-state index in [1.165, 1.54) is 0 Å². The van der Waals surface area contributed by atoms with E-state index >= 15 is 0 Å². The molecule has 2 unspecified atom stereocenters. The van der Waals surface area contributed by atoms with Gasteiger partial charge in [0.1, 0.15) is 6.10 Å². The lowest BCUT2D eigenvalue weighted by atomic mass is 10.3. The van der Waals surface area contributed by atoms with Crippen LogP contribution in [0.5, 0.6) is 0 Å². The van der Waals surface area contributed by atoms with Crippen molar-refractivity contribution in [3.8, 4) is 0 Å². The highest BCUT2D eigenvalue weighted by Crippen LogP contribution is 2.15. The lowest BCUT2D eigenvalue weighted by Gasteiger charge is -2.07. The molecule has 1 fully saturated rings. The van der Waals surface area contributed by atoms with Crippen LogP contribution in [-0.2, 0) is 14.3 Å². The molecule has 12 heavy (non-hydrogen) atoms. The summed E-state index contributed by atoms with van der Waals surface area (Å²) in [6.07, 6.45) is 0.0896. The second kappa shape index (κ2) is 4.39. The van der Waals surface area contributed by atoms with Crippen LogP contribution in [0.1, 0.15) is 12.8 Å². The van der Waals surface area contributed by atoms with Crippen LogP contribution in [0.25, 0.3) is 0 Å². The molecule has 5 heteroatoms. The summed E-state index contributed by atoms with van der Waals surface area (Å²) >= 11 is 0. The van der Waals surface area contributed by atoms with Gasteiger partial charge in [0.25, 0.3) is 0 Å². The maximum Gasteiger partial charge on any atom is 0.217 e. The molecule has 1 aliphatic rings. The number of aliphatic hydroxyl groups is 1. The summed E-state index contributed by atoms with van der Waals surface area (Å²) in [6, 6.07) is 0. The molecule has 0 spiro atoms. The van der Waals surface area contributed by atoms with Gasteiger partial charge < -0.3 is 20.3 Å². The molecular formula is C7H13NO4.